The topological polar surface area (TPSA) is 55.6 Å². The number of nitrogens with zero attached hydrogens (tertiary/aromatic N) is 2. The molecule has 3 heterocycles. The highest BCUT2D eigenvalue weighted by atomic mass is 16.5. The summed E-state index contributed by atoms with van der Waals surface area (Å²) in [5.41, 5.74) is 6.73. The Bertz CT molecular complexity index is 976. The van der Waals surface area contributed by atoms with Gasteiger partial charge in [-0.2, -0.15) is 0 Å². The molecule has 0 radical (unpaired) electrons. The van der Waals surface area contributed by atoms with Gasteiger partial charge in [0, 0.05) is 11.9 Å². The van der Waals surface area contributed by atoms with Gasteiger partial charge in [-0.25, -0.2) is 9.78 Å². The molecular formula is C21H23N3O2. The van der Waals surface area contributed by atoms with E-state index in [-0.39, 0.29) is 12.0 Å². The minimum absolute atomic E-state index is 0.210. The van der Waals surface area contributed by atoms with E-state index in [0.717, 1.165) is 41.1 Å². The molecule has 1 aromatic carbocycles. The number of rotatable bonds is 3. The number of fused-ring (bicyclic) bond motifs is 3. The van der Waals surface area contributed by atoms with Crippen molar-refractivity contribution in [3.63, 3.8) is 0 Å². The molecule has 1 aliphatic rings. The predicted octanol–water partition coefficient (Wildman–Crippen LogP) is 4.23. The van der Waals surface area contributed by atoms with Crippen molar-refractivity contribution in [2.24, 2.45) is 0 Å². The van der Waals surface area contributed by atoms with Gasteiger partial charge >= 0.3 is 5.97 Å². The van der Waals surface area contributed by atoms with Crippen molar-refractivity contribution in [2.45, 2.75) is 39.7 Å². The van der Waals surface area contributed by atoms with Crippen LogP contribution in [0.4, 0.5) is 5.69 Å². The van der Waals surface area contributed by atoms with Crippen LogP contribution in [-0.4, -0.2) is 22.0 Å². The van der Waals surface area contributed by atoms with E-state index in [0.29, 0.717) is 12.2 Å². The minimum Gasteiger partial charge on any atom is -0.462 e. The number of carbonyl (C=O) groups is 1. The summed E-state index contributed by atoms with van der Waals surface area (Å²) in [6.45, 7) is 6.22. The lowest BCUT2D eigenvalue weighted by Crippen LogP contribution is -2.22. The first-order chi connectivity index (χ1) is 12.6. The third-order valence-electron chi connectivity index (χ3n) is 5.19. The molecule has 0 saturated heterocycles. The van der Waals surface area contributed by atoms with Gasteiger partial charge < -0.3 is 14.5 Å². The zero-order valence-corrected chi connectivity index (χ0v) is 15.4. The number of aryl methyl sites for hydroxylation is 2. The van der Waals surface area contributed by atoms with E-state index in [2.05, 4.69) is 29.6 Å². The first-order valence-electron chi connectivity index (χ1n) is 9.10. The second-order valence-corrected chi connectivity index (χ2v) is 6.74. The number of nitrogens with one attached hydrogen (secondary N) is 1. The van der Waals surface area contributed by atoms with E-state index in [1.807, 2.05) is 37.4 Å². The highest BCUT2D eigenvalue weighted by Gasteiger charge is 2.28. The van der Waals surface area contributed by atoms with Crippen molar-refractivity contribution in [1.29, 1.82) is 0 Å². The summed E-state index contributed by atoms with van der Waals surface area (Å²) in [7, 11) is 0. The molecule has 3 aromatic rings. The molecule has 5 heteroatoms. The van der Waals surface area contributed by atoms with Crippen molar-refractivity contribution < 1.29 is 9.53 Å². The van der Waals surface area contributed by atoms with Crippen LogP contribution in [0.25, 0.3) is 5.65 Å². The van der Waals surface area contributed by atoms with Crippen LogP contribution in [0, 0.1) is 13.8 Å². The van der Waals surface area contributed by atoms with Crippen LogP contribution in [-0.2, 0) is 11.2 Å². The van der Waals surface area contributed by atoms with Gasteiger partial charge in [0.1, 0.15) is 0 Å². The molecule has 2 aromatic heterocycles. The van der Waals surface area contributed by atoms with Crippen LogP contribution in [0.5, 0.6) is 0 Å². The van der Waals surface area contributed by atoms with E-state index in [4.69, 9.17) is 9.72 Å². The Labute approximate surface area is 153 Å². The fourth-order valence-corrected chi connectivity index (χ4v) is 3.70. The molecule has 0 aliphatic carbocycles. The Morgan fingerprint density at radius 2 is 2.08 bits per heavy atom. The zero-order valence-electron chi connectivity index (χ0n) is 15.4. The molecular weight excluding hydrogens is 326 g/mol. The molecule has 26 heavy (non-hydrogen) atoms. The smallest absolute Gasteiger partial charge is 0.339 e. The fraction of sp³-hybridized carbons (Fsp3) is 0.333. The highest BCUT2D eigenvalue weighted by Crippen LogP contribution is 2.37. The molecule has 1 atom stereocenters. The van der Waals surface area contributed by atoms with Crippen LogP contribution in [0.2, 0.25) is 0 Å². The standard InChI is InChI=1S/C21H23N3O2/c1-4-26-21(25)17-12-24-14(3)13(2)22-20(24)19-16(17)10-11-18(23-19)15-8-6-5-7-9-15/h5-9,12,18,23H,4,10-11H2,1-3H3/t18-/m0/s1. The predicted molar refractivity (Wildman–Crippen MR) is 102 cm³/mol. The minimum atomic E-state index is -0.267. The number of aromatic nitrogens is 2. The second kappa shape index (κ2) is 6.48. The lowest BCUT2D eigenvalue weighted by atomic mass is 9.91. The molecule has 1 aliphatic heterocycles. The first kappa shape index (κ1) is 16.6. The van der Waals surface area contributed by atoms with E-state index < -0.39 is 0 Å². The number of benzene rings is 1. The Kier molecular flexibility index (Phi) is 4.15. The summed E-state index contributed by atoms with van der Waals surface area (Å²) in [6, 6.07) is 10.6. The SMILES string of the molecule is CCOC(=O)c1cn2c(C)c(C)nc2c2c1CC[C@@H](c1ccccc1)N2. The van der Waals surface area contributed by atoms with Crippen LogP contribution in [0.15, 0.2) is 36.5 Å². The van der Waals surface area contributed by atoms with Crippen molar-refractivity contribution in [3.05, 3.63) is 64.6 Å². The van der Waals surface area contributed by atoms with Gasteiger partial charge in [0.25, 0.3) is 0 Å². The average Bonchev–Trinajstić information content (AvgIpc) is 2.96. The summed E-state index contributed by atoms with van der Waals surface area (Å²) in [6.07, 6.45) is 3.63. The van der Waals surface area contributed by atoms with Gasteiger partial charge in [0.05, 0.1) is 29.6 Å². The lowest BCUT2D eigenvalue weighted by molar-refractivity contribution is 0.0524. The monoisotopic (exact) mass is 349 g/mol. The number of pyridine rings is 1. The van der Waals surface area contributed by atoms with E-state index in [9.17, 15) is 4.79 Å². The maximum absolute atomic E-state index is 12.5. The quantitative estimate of drug-likeness (QED) is 0.719. The molecule has 134 valence electrons. The molecule has 0 fully saturated rings. The molecule has 0 spiro atoms. The van der Waals surface area contributed by atoms with Gasteiger partial charge in [-0.3, -0.25) is 0 Å². The van der Waals surface area contributed by atoms with E-state index >= 15 is 0 Å². The Morgan fingerprint density at radius 3 is 2.81 bits per heavy atom. The normalized spacial score (nSPS) is 16.2. The molecule has 5 nitrogen and oxygen atoms in total. The summed E-state index contributed by atoms with van der Waals surface area (Å²) in [4.78, 5) is 17.3. The summed E-state index contributed by atoms with van der Waals surface area (Å²) >= 11 is 0. The molecule has 0 bridgehead atoms. The van der Waals surface area contributed by atoms with Crippen LogP contribution < -0.4 is 5.32 Å². The maximum Gasteiger partial charge on any atom is 0.339 e. The van der Waals surface area contributed by atoms with Gasteiger partial charge in [0.2, 0.25) is 0 Å². The van der Waals surface area contributed by atoms with Crippen molar-refractivity contribution >= 4 is 17.3 Å². The molecule has 0 amide bonds. The molecule has 1 N–H and O–H groups in total. The highest BCUT2D eigenvalue weighted by molar-refractivity contribution is 5.95. The van der Waals surface area contributed by atoms with Gasteiger partial charge in [-0.1, -0.05) is 30.3 Å². The van der Waals surface area contributed by atoms with Gasteiger partial charge in [0.15, 0.2) is 5.65 Å². The van der Waals surface area contributed by atoms with Crippen molar-refractivity contribution in [3.8, 4) is 0 Å². The van der Waals surface area contributed by atoms with Crippen molar-refractivity contribution in [2.75, 3.05) is 11.9 Å². The third-order valence-corrected chi connectivity index (χ3v) is 5.19. The Morgan fingerprint density at radius 1 is 1.31 bits per heavy atom. The third kappa shape index (κ3) is 2.64. The van der Waals surface area contributed by atoms with Crippen LogP contribution in [0.3, 0.4) is 0 Å². The first-order valence-corrected chi connectivity index (χ1v) is 9.10. The number of carbonyl (C=O) groups excluding carboxylic acids is 1. The largest absolute Gasteiger partial charge is 0.462 e. The second-order valence-electron chi connectivity index (χ2n) is 6.74. The number of anilines is 1. The zero-order chi connectivity index (χ0) is 18.3. The number of imidazole rings is 1. The Hall–Kier alpha value is -2.82. The Balaban J connectivity index is 1.87. The van der Waals surface area contributed by atoms with Crippen LogP contribution >= 0.6 is 0 Å². The van der Waals surface area contributed by atoms with Crippen LogP contribution in [0.1, 0.15) is 52.3 Å². The number of hydrogen-bond donors (Lipinski definition) is 1. The van der Waals surface area contributed by atoms with Crippen molar-refractivity contribution in [1.82, 2.24) is 9.38 Å². The number of ether oxygens (including phenoxy) is 1. The molecule has 0 saturated carbocycles. The number of esters is 1. The van der Waals surface area contributed by atoms with Gasteiger partial charge in [-0.05, 0) is 44.7 Å². The average molecular weight is 349 g/mol. The number of hydrogen-bond acceptors (Lipinski definition) is 4. The lowest BCUT2D eigenvalue weighted by Gasteiger charge is -2.29. The summed E-state index contributed by atoms with van der Waals surface area (Å²) in [5, 5.41) is 3.64. The molecule has 4 rings (SSSR count). The van der Waals surface area contributed by atoms with Gasteiger partial charge in [-0.15, -0.1) is 0 Å². The van der Waals surface area contributed by atoms with E-state index in [1.165, 1.54) is 5.56 Å². The van der Waals surface area contributed by atoms with E-state index in [1.54, 1.807) is 0 Å². The summed E-state index contributed by atoms with van der Waals surface area (Å²) in [5.74, 6) is -0.267. The summed E-state index contributed by atoms with van der Waals surface area (Å²) < 4.78 is 7.30. The maximum atomic E-state index is 12.5. The fourth-order valence-electron chi connectivity index (χ4n) is 3.70. The molecule has 0 unspecified atom stereocenters.